The number of nitrogens with zero attached hydrogens (tertiary/aromatic N) is 1. The summed E-state index contributed by atoms with van der Waals surface area (Å²) in [4.78, 5) is 12.2. The van der Waals surface area contributed by atoms with E-state index in [2.05, 4.69) is 5.10 Å². The van der Waals surface area contributed by atoms with Gasteiger partial charge in [-0.3, -0.25) is 4.79 Å². The number of carbonyl (C=O) groups is 1. The minimum absolute atomic E-state index is 0.167. The molecule has 3 heteroatoms. The summed E-state index contributed by atoms with van der Waals surface area (Å²) in [6.07, 6.45) is 0. The molecule has 3 nitrogen and oxygen atoms in total. The van der Waals surface area contributed by atoms with E-state index in [0.717, 1.165) is 5.56 Å². The molecule has 0 aliphatic rings. The zero-order valence-electron chi connectivity index (χ0n) is 9.21. The Labute approximate surface area is 99.6 Å². The van der Waals surface area contributed by atoms with Crippen molar-refractivity contribution in [3.8, 4) is 0 Å². The molecular weight excluding hydrogens is 212 g/mol. The minimum Gasteiger partial charge on any atom is -0.323 e. The molecule has 0 heterocycles. The van der Waals surface area contributed by atoms with Crippen molar-refractivity contribution in [2.45, 2.75) is 0 Å². The van der Waals surface area contributed by atoms with Crippen LogP contribution in [0.2, 0.25) is 0 Å². The van der Waals surface area contributed by atoms with Gasteiger partial charge in [0.25, 0.3) is 0 Å². The van der Waals surface area contributed by atoms with E-state index >= 15 is 0 Å². The van der Waals surface area contributed by atoms with Crippen LogP contribution in [0.4, 0.5) is 0 Å². The van der Waals surface area contributed by atoms with Gasteiger partial charge in [0.15, 0.2) is 0 Å². The highest BCUT2D eigenvalue weighted by atomic mass is 16.1. The van der Waals surface area contributed by atoms with Gasteiger partial charge in [-0.1, -0.05) is 60.7 Å². The predicted molar refractivity (Wildman–Crippen MR) is 67.9 cm³/mol. The molecule has 84 valence electrons. The average Bonchev–Trinajstić information content (AvgIpc) is 2.42. The van der Waals surface area contributed by atoms with Crippen molar-refractivity contribution in [1.82, 2.24) is 0 Å². The molecule has 0 aliphatic heterocycles. The Kier molecular flexibility index (Phi) is 3.31. The van der Waals surface area contributed by atoms with Crippen molar-refractivity contribution < 1.29 is 4.79 Å². The van der Waals surface area contributed by atoms with Crippen LogP contribution in [0.1, 0.15) is 15.9 Å². The summed E-state index contributed by atoms with van der Waals surface area (Å²) in [6.45, 7) is 0. The Balaban J connectivity index is 2.37. The van der Waals surface area contributed by atoms with E-state index in [1.54, 1.807) is 12.1 Å². The summed E-state index contributed by atoms with van der Waals surface area (Å²) < 4.78 is 0. The van der Waals surface area contributed by atoms with Crippen LogP contribution in [0, 0.1) is 0 Å². The molecule has 0 saturated heterocycles. The van der Waals surface area contributed by atoms with Gasteiger partial charge in [0.05, 0.1) is 0 Å². The molecule has 0 aromatic heterocycles. The van der Waals surface area contributed by atoms with Crippen LogP contribution in [0.3, 0.4) is 0 Å². The van der Waals surface area contributed by atoms with Crippen LogP contribution in [-0.4, -0.2) is 11.5 Å². The molecule has 0 aliphatic carbocycles. The maximum atomic E-state index is 12.2. The Morgan fingerprint density at radius 1 is 0.824 bits per heavy atom. The highest BCUT2D eigenvalue weighted by Crippen LogP contribution is 2.08. The van der Waals surface area contributed by atoms with Crippen LogP contribution in [-0.2, 0) is 0 Å². The topological polar surface area (TPSA) is 55.4 Å². The molecule has 0 spiro atoms. The van der Waals surface area contributed by atoms with Gasteiger partial charge in [-0.15, -0.1) is 0 Å². The van der Waals surface area contributed by atoms with Crippen molar-refractivity contribution in [3.63, 3.8) is 0 Å². The quantitative estimate of drug-likeness (QED) is 0.376. The highest BCUT2D eigenvalue weighted by molar-refractivity contribution is 6.51. The number of rotatable bonds is 3. The number of benzene rings is 2. The summed E-state index contributed by atoms with van der Waals surface area (Å²) in [5, 5.41) is 3.60. The number of hydrogen-bond acceptors (Lipinski definition) is 3. The molecule has 0 unspecified atom stereocenters. The fraction of sp³-hybridized carbons (Fsp3) is 0. The Morgan fingerprint density at radius 3 is 1.76 bits per heavy atom. The van der Waals surface area contributed by atoms with E-state index in [4.69, 9.17) is 5.84 Å². The molecular formula is C14H12N2O. The van der Waals surface area contributed by atoms with Gasteiger partial charge in [-0.05, 0) is 0 Å². The molecule has 0 fully saturated rings. The summed E-state index contributed by atoms with van der Waals surface area (Å²) in [5.74, 6) is 5.14. The molecule has 0 bridgehead atoms. The van der Waals surface area contributed by atoms with E-state index in [9.17, 15) is 4.79 Å². The second-order valence-corrected chi connectivity index (χ2v) is 3.54. The SMILES string of the molecule is NN=C(C(=O)c1ccccc1)c1ccccc1. The second-order valence-electron chi connectivity index (χ2n) is 3.54. The fourth-order valence-corrected chi connectivity index (χ4v) is 1.59. The van der Waals surface area contributed by atoms with Crippen LogP contribution in [0.25, 0.3) is 0 Å². The maximum absolute atomic E-state index is 12.2. The van der Waals surface area contributed by atoms with Crippen molar-refractivity contribution in [2.75, 3.05) is 0 Å². The standard InChI is InChI=1S/C14H12N2O/c15-16-13(11-7-3-1-4-8-11)14(17)12-9-5-2-6-10-12/h1-10H,15H2. The normalized spacial score (nSPS) is 11.2. The monoisotopic (exact) mass is 224 g/mol. The molecule has 2 aromatic carbocycles. The average molecular weight is 224 g/mol. The van der Waals surface area contributed by atoms with E-state index in [1.165, 1.54) is 0 Å². The van der Waals surface area contributed by atoms with E-state index in [1.807, 2.05) is 48.5 Å². The van der Waals surface area contributed by atoms with E-state index in [0.29, 0.717) is 5.56 Å². The summed E-state index contributed by atoms with van der Waals surface area (Å²) in [5.41, 5.74) is 1.58. The first kappa shape index (κ1) is 11.1. The summed E-state index contributed by atoms with van der Waals surface area (Å²) in [6, 6.07) is 18.2. The molecule has 2 N–H and O–H groups in total. The lowest BCUT2D eigenvalue weighted by Crippen LogP contribution is -2.17. The van der Waals surface area contributed by atoms with Crippen LogP contribution in [0.15, 0.2) is 65.8 Å². The van der Waals surface area contributed by atoms with Gasteiger partial charge in [0, 0.05) is 11.1 Å². The van der Waals surface area contributed by atoms with Crippen molar-refractivity contribution in [2.24, 2.45) is 10.9 Å². The Morgan fingerprint density at radius 2 is 1.29 bits per heavy atom. The number of Topliss-reactive ketones (excluding diaryl/α,β-unsaturated/α-hetero) is 1. The Hall–Kier alpha value is -2.42. The third-order valence-electron chi connectivity index (χ3n) is 2.43. The Bertz CT molecular complexity index is 533. The molecule has 0 saturated carbocycles. The summed E-state index contributed by atoms with van der Waals surface area (Å²) in [7, 11) is 0. The zero-order chi connectivity index (χ0) is 12.1. The lowest BCUT2D eigenvalue weighted by molar-refractivity contribution is 0.106. The first-order valence-electron chi connectivity index (χ1n) is 5.26. The van der Waals surface area contributed by atoms with Crippen LogP contribution < -0.4 is 5.84 Å². The molecule has 0 atom stereocenters. The molecule has 0 radical (unpaired) electrons. The lowest BCUT2D eigenvalue weighted by Gasteiger charge is -2.04. The van der Waals surface area contributed by atoms with Crippen LogP contribution in [0.5, 0.6) is 0 Å². The maximum Gasteiger partial charge on any atom is 0.213 e. The zero-order valence-corrected chi connectivity index (χ0v) is 9.21. The molecule has 0 amide bonds. The van der Waals surface area contributed by atoms with Gasteiger partial charge >= 0.3 is 0 Å². The first-order chi connectivity index (χ1) is 8.33. The van der Waals surface area contributed by atoms with Crippen molar-refractivity contribution in [1.29, 1.82) is 0 Å². The van der Waals surface area contributed by atoms with Gasteiger partial charge in [-0.2, -0.15) is 5.10 Å². The van der Waals surface area contributed by atoms with Crippen molar-refractivity contribution in [3.05, 3.63) is 71.8 Å². The predicted octanol–water partition coefficient (Wildman–Crippen LogP) is 2.23. The fourth-order valence-electron chi connectivity index (χ4n) is 1.59. The largest absolute Gasteiger partial charge is 0.323 e. The van der Waals surface area contributed by atoms with E-state index < -0.39 is 0 Å². The van der Waals surface area contributed by atoms with Gasteiger partial charge in [0.1, 0.15) is 5.71 Å². The number of ketones is 1. The van der Waals surface area contributed by atoms with Crippen LogP contribution >= 0.6 is 0 Å². The van der Waals surface area contributed by atoms with E-state index in [-0.39, 0.29) is 11.5 Å². The number of hydrazone groups is 1. The molecule has 2 rings (SSSR count). The minimum atomic E-state index is -0.167. The van der Waals surface area contributed by atoms with Gasteiger partial charge in [0.2, 0.25) is 5.78 Å². The molecule has 17 heavy (non-hydrogen) atoms. The third kappa shape index (κ3) is 2.39. The number of nitrogens with two attached hydrogens (primary N) is 1. The molecule has 2 aromatic rings. The highest BCUT2D eigenvalue weighted by Gasteiger charge is 2.15. The number of carbonyl (C=O) groups excluding carboxylic acids is 1. The second kappa shape index (κ2) is 5.07. The van der Waals surface area contributed by atoms with Crippen molar-refractivity contribution >= 4 is 11.5 Å². The lowest BCUT2D eigenvalue weighted by atomic mass is 10.0. The smallest absolute Gasteiger partial charge is 0.213 e. The van der Waals surface area contributed by atoms with Gasteiger partial charge in [-0.25, -0.2) is 0 Å². The summed E-state index contributed by atoms with van der Waals surface area (Å²) >= 11 is 0. The number of hydrogen-bond donors (Lipinski definition) is 1. The third-order valence-corrected chi connectivity index (χ3v) is 2.43. The first-order valence-corrected chi connectivity index (χ1v) is 5.26. The van der Waals surface area contributed by atoms with Gasteiger partial charge < -0.3 is 5.84 Å².